The molecule has 3 nitrogen and oxygen atoms in total. The van der Waals surface area contributed by atoms with Crippen molar-refractivity contribution in [2.24, 2.45) is 0 Å². The fourth-order valence-corrected chi connectivity index (χ4v) is 1.57. The Hall–Kier alpha value is -1.37. The summed E-state index contributed by atoms with van der Waals surface area (Å²) in [4.78, 5) is 3.99. The van der Waals surface area contributed by atoms with Gasteiger partial charge in [0.15, 0.2) is 11.5 Å². The first-order chi connectivity index (χ1) is 7.88. The number of aryl methyl sites for hydroxylation is 1. The highest BCUT2D eigenvalue weighted by Crippen LogP contribution is 2.29. The van der Waals surface area contributed by atoms with Gasteiger partial charge in [0.05, 0.1) is 0 Å². The van der Waals surface area contributed by atoms with E-state index in [0.29, 0.717) is 11.5 Å². The molecule has 0 fully saturated rings. The first-order valence-electron chi connectivity index (χ1n) is 4.64. The topological polar surface area (TPSA) is 30.7 Å². The molecule has 2 heterocycles. The lowest BCUT2D eigenvalue weighted by Crippen LogP contribution is -2.08. The van der Waals surface area contributed by atoms with Crippen LogP contribution in [0.1, 0.15) is 11.4 Å². The molecule has 0 aliphatic rings. The lowest BCUT2D eigenvalue weighted by atomic mass is 10.3. The Morgan fingerprint density at radius 1 is 1.29 bits per heavy atom. The minimum atomic E-state index is -4.44. The van der Waals surface area contributed by atoms with E-state index >= 15 is 0 Å². The van der Waals surface area contributed by atoms with Crippen molar-refractivity contribution in [3.05, 3.63) is 40.3 Å². The van der Waals surface area contributed by atoms with Gasteiger partial charge < -0.3 is 0 Å². The van der Waals surface area contributed by atoms with E-state index in [2.05, 4.69) is 26.0 Å². The van der Waals surface area contributed by atoms with Gasteiger partial charge in [-0.25, -0.2) is 9.67 Å². The standard InChI is InChI=1S/C10H7BrF3N3/c1-6-4-8(10(12,13)14)16-17(6)9-3-2-7(11)5-15-9/h2-5H,1H3. The van der Waals surface area contributed by atoms with Crippen molar-refractivity contribution < 1.29 is 13.2 Å². The Balaban J connectivity index is 2.46. The molecule has 7 heteroatoms. The van der Waals surface area contributed by atoms with Gasteiger partial charge in [-0.2, -0.15) is 18.3 Å². The van der Waals surface area contributed by atoms with Crippen LogP contribution >= 0.6 is 15.9 Å². The number of nitrogens with zero attached hydrogens (tertiary/aromatic N) is 3. The summed E-state index contributed by atoms with van der Waals surface area (Å²) in [5, 5.41) is 3.49. The molecule has 0 aromatic carbocycles. The minimum absolute atomic E-state index is 0.348. The molecule has 0 bridgehead atoms. The summed E-state index contributed by atoms with van der Waals surface area (Å²) in [6.07, 6.45) is -2.94. The second-order valence-electron chi connectivity index (χ2n) is 3.42. The van der Waals surface area contributed by atoms with Crippen LogP contribution in [0.25, 0.3) is 5.82 Å². The number of rotatable bonds is 1. The molecule has 90 valence electrons. The predicted molar refractivity (Wildman–Crippen MR) is 58.8 cm³/mol. The largest absolute Gasteiger partial charge is 0.435 e. The molecule has 0 radical (unpaired) electrons. The summed E-state index contributed by atoms with van der Waals surface area (Å²) in [6, 6.07) is 4.27. The minimum Gasteiger partial charge on any atom is -0.236 e. The number of hydrogen-bond donors (Lipinski definition) is 0. The Kier molecular flexibility index (Phi) is 2.94. The van der Waals surface area contributed by atoms with Crippen LogP contribution in [0.5, 0.6) is 0 Å². The van der Waals surface area contributed by atoms with E-state index in [0.717, 1.165) is 15.2 Å². The van der Waals surface area contributed by atoms with Crippen LogP contribution in [-0.2, 0) is 6.18 Å². The van der Waals surface area contributed by atoms with Crippen LogP contribution in [0.4, 0.5) is 13.2 Å². The molecule has 0 atom stereocenters. The van der Waals surface area contributed by atoms with E-state index in [1.807, 2.05) is 0 Å². The SMILES string of the molecule is Cc1cc(C(F)(F)F)nn1-c1ccc(Br)cn1. The van der Waals surface area contributed by atoms with E-state index < -0.39 is 11.9 Å². The van der Waals surface area contributed by atoms with Gasteiger partial charge in [-0.1, -0.05) is 0 Å². The Labute approximate surface area is 103 Å². The van der Waals surface area contributed by atoms with E-state index in [1.165, 1.54) is 6.20 Å². The van der Waals surface area contributed by atoms with Crippen LogP contribution in [0.3, 0.4) is 0 Å². The van der Waals surface area contributed by atoms with Crippen molar-refractivity contribution in [1.29, 1.82) is 0 Å². The first-order valence-corrected chi connectivity index (χ1v) is 5.43. The molecule has 0 aliphatic carbocycles. The number of alkyl halides is 3. The number of halogens is 4. The number of pyridine rings is 1. The van der Waals surface area contributed by atoms with Crippen LogP contribution in [-0.4, -0.2) is 14.8 Å². The van der Waals surface area contributed by atoms with E-state index in [-0.39, 0.29) is 0 Å². The average molecular weight is 306 g/mol. The zero-order valence-electron chi connectivity index (χ0n) is 8.66. The number of aromatic nitrogens is 3. The summed E-state index contributed by atoms with van der Waals surface area (Å²) < 4.78 is 39.3. The molecule has 0 aliphatic heterocycles. The Morgan fingerprint density at radius 3 is 2.47 bits per heavy atom. The van der Waals surface area contributed by atoms with Gasteiger partial charge in [0.1, 0.15) is 0 Å². The zero-order chi connectivity index (χ0) is 12.6. The van der Waals surface area contributed by atoms with Crippen LogP contribution in [0.15, 0.2) is 28.9 Å². The molecule has 0 unspecified atom stereocenters. The Bertz CT molecular complexity index is 531. The van der Waals surface area contributed by atoms with Gasteiger partial charge in [0, 0.05) is 16.4 Å². The summed E-state index contributed by atoms with van der Waals surface area (Å²) in [6.45, 7) is 1.55. The lowest BCUT2D eigenvalue weighted by Gasteiger charge is -2.03. The average Bonchev–Trinajstić information content (AvgIpc) is 2.61. The second kappa shape index (κ2) is 4.14. The highest BCUT2D eigenvalue weighted by Gasteiger charge is 2.34. The third-order valence-corrected chi connectivity index (χ3v) is 2.58. The second-order valence-corrected chi connectivity index (χ2v) is 4.33. The smallest absolute Gasteiger partial charge is 0.236 e. The van der Waals surface area contributed by atoms with Crippen molar-refractivity contribution in [2.45, 2.75) is 13.1 Å². The van der Waals surface area contributed by atoms with Gasteiger partial charge >= 0.3 is 6.18 Å². The van der Waals surface area contributed by atoms with Crippen molar-refractivity contribution in [3.8, 4) is 5.82 Å². The first kappa shape index (κ1) is 12.1. The molecule has 17 heavy (non-hydrogen) atoms. The van der Waals surface area contributed by atoms with Gasteiger partial charge in [-0.3, -0.25) is 0 Å². The maximum absolute atomic E-state index is 12.5. The maximum atomic E-state index is 12.5. The molecule has 0 saturated carbocycles. The van der Waals surface area contributed by atoms with Gasteiger partial charge in [0.25, 0.3) is 0 Å². The van der Waals surface area contributed by atoms with Gasteiger partial charge in [0.2, 0.25) is 0 Å². The maximum Gasteiger partial charge on any atom is 0.435 e. The monoisotopic (exact) mass is 305 g/mol. The van der Waals surface area contributed by atoms with Crippen molar-refractivity contribution in [1.82, 2.24) is 14.8 Å². The molecule has 0 amide bonds. The molecule has 2 aromatic rings. The lowest BCUT2D eigenvalue weighted by molar-refractivity contribution is -0.141. The molecule has 0 spiro atoms. The van der Waals surface area contributed by atoms with Crippen molar-refractivity contribution >= 4 is 15.9 Å². The zero-order valence-corrected chi connectivity index (χ0v) is 10.2. The summed E-state index contributed by atoms with van der Waals surface area (Å²) in [7, 11) is 0. The normalized spacial score (nSPS) is 11.8. The number of hydrogen-bond acceptors (Lipinski definition) is 2. The molecule has 2 aromatic heterocycles. The van der Waals surface area contributed by atoms with Crippen LogP contribution in [0, 0.1) is 6.92 Å². The summed E-state index contributed by atoms with van der Waals surface area (Å²) >= 11 is 3.20. The van der Waals surface area contributed by atoms with Crippen LogP contribution < -0.4 is 0 Å². The third kappa shape index (κ3) is 2.49. The third-order valence-electron chi connectivity index (χ3n) is 2.11. The molecule has 0 saturated heterocycles. The quantitative estimate of drug-likeness (QED) is 0.809. The molecular formula is C10H7BrF3N3. The molecule has 2 rings (SSSR count). The van der Waals surface area contributed by atoms with Crippen molar-refractivity contribution in [3.63, 3.8) is 0 Å². The molecule has 0 N–H and O–H groups in total. The predicted octanol–water partition coefficient (Wildman–Crippen LogP) is 3.36. The summed E-state index contributed by atoms with van der Waals surface area (Å²) in [5.41, 5.74) is -0.535. The van der Waals surface area contributed by atoms with E-state index in [1.54, 1.807) is 19.1 Å². The van der Waals surface area contributed by atoms with Gasteiger partial charge in [-0.15, -0.1) is 0 Å². The highest BCUT2D eigenvalue weighted by atomic mass is 79.9. The fourth-order valence-electron chi connectivity index (χ4n) is 1.34. The fraction of sp³-hybridized carbons (Fsp3) is 0.200. The van der Waals surface area contributed by atoms with Crippen molar-refractivity contribution in [2.75, 3.05) is 0 Å². The van der Waals surface area contributed by atoms with Crippen LogP contribution in [0.2, 0.25) is 0 Å². The van der Waals surface area contributed by atoms with E-state index in [9.17, 15) is 13.2 Å². The summed E-state index contributed by atoms with van der Waals surface area (Å²) in [5.74, 6) is 0.348. The van der Waals surface area contributed by atoms with Gasteiger partial charge in [-0.05, 0) is 41.1 Å². The highest BCUT2D eigenvalue weighted by molar-refractivity contribution is 9.10. The molecular weight excluding hydrogens is 299 g/mol. The Morgan fingerprint density at radius 2 is 2.00 bits per heavy atom. The van der Waals surface area contributed by atoms with E-state index in [4.69, 9.17) is 0 Å².